The van der Waals surface area contributed by atoms with Crippen LogP contribution in [0.2, 0.25) is 0 Å². The lowest BCUT2D eigenvalue weighted by Gasteiger charge is -2.05. The Labute approximate surface area is 122 Å². The highest BCUT2D eigenvalue weighted by molar-refractivity contribution is 5.83. The van der Waals surface area contributed by atoms with E-state index in [1.807, 2.05) is 19.2 Å². The molecule has 1 N–H and O–H groups in total. The van der Waals surface area contributed by atoms with Crippen LogP contribution in [0.5, 0.6) is 0 Å². The molecule has 2 aromatic carbocycles. The first-order valence-electron chi connectivity index (χ1n) is 6.83. The van der Waals surface area contributed by atoms with Crippen LogP contribution in [-0.4, -0.2) is 4.57 Å². The van der Waals surface area contributed by atoms with Crippen molar-refractivity contribution in [1.29, 1.82) is 0 Å². The van der Waals surface area contributed by atoms with Crippen LogP contribution >= 0.6 is 0 Å². The second kappa shape index (κ2) is 5.66. The van der Waals surface area contributed by atoms with Gasteiger partial charge in [-0.1, -0.05) is 24.3 Å². The summed E-state index contributed by atoms with van der Waals surface area (Å²) in [6.45, 7) is 1.18. The van der Waals surface area contributed by atoms with Crippen molar-refractivity contribution in [1.82, 2.24) is 9.88 Å². The Kier molecular flexibility index (Phi) is 3.71. The minimum Gasteiger partial charge on any atom is -0.350 e. The summed E-state index contributed by atoms with van der Waals surface area (Å²) in [5.74, 6) is -1.62. The Hall–Kier alpha value is -2.20. The van der Waals surface area contributed by atoms with Crippen molar-refractivity contribution in [3.8, 4) is 0 Å². The van der Waals surface area contributed by atoms with Crippen LogP contribution in [0.3, 0.4) is 0 Å². The van der Waals surface area contributed by atoms with Gasteiger partial charge in [0.1, 0.15) is 0 Å². The lowest BCUT2D eigenvalue weighted by molar-refractivity contribution is 0.506. The second-order valence-electron chi connectivity index (χ2n) is 5.13. The van der Waals surface area contributed by atoms with E-state index in [4.69, 9.17) is 0 Å². The van der Waals surface area contributed by atoms with E-state index in [0.29, 0.717) is 13.1 Å². The van der Waals surface area contributed by atoms with E-state index in [1.54, 1.807) is 6.07 Å². The molecule has 0 aliphatic heterocycles. The van der Waals surface area contributed by atoms with Crippen LogP contribution in [0.1, 0.15) is 11.1 Å². The molecule has 1 aromatic heterocycles. The summed E-state index contributed by atoms with van der Waals surface area (Å²) >= 11 is 0. The minimum absolute atomic E-state index is 0.500. The Morgan fingerprint density at radius 2 is 1.81 bits per heavy atom. The lowest BCUT2D eigenvalue weighted by Crippen LogP contribution is -2.12. The third-order valence-corrected chi connectivity index (χ3v) is 3.61. The van der Waals surface area contributed by atoms with Gasteiger partial charge in [0.15, 0.2) is 11.6 Å². The summed E-state index contributed by atoms with van der Waals surface area (Å²) in [6.07, 6.45) is 2.09. The van der Waals surface area contributed by atoms with Crippen molar-refractivity contribution in [2.75, 3.05) is 0 Å². The van der Waals surface area contributed by atoms with Crippen molar-refractivity contribution in [2.24, 2.45) is 7.05 Å². The van der Waals surface area contributed by atoms with E-state index in [9.17, 15) is 8.78 Å². The number of halogens is 2. The number of aromatic nitrogens is 1. The lowest BCUT2D eigenvalue weighted by atomic mass is 10.1. The Bertz CT molecular complexity index is 778. The molecule has 0 aliphatic rings. The third-order valence-electron chi connectivity index (χ3n) is 3.61. The number of fused-ring (bicyclic) bond motifs is 1. The summed E-state index contributed by atoms with van der Waals surface area (Å²) in [5, 5.41) is 4.47. The molecule has 0 amide bonds. The van der Waals surface area contributed by atoms with Crippen molar-refractivity contribution in [3.63, 3.8) is 0 Å². The smallest absolute Gasteiger partial charge is 0.159 e. The van der Waals surface area contributed by atoms with Crippen LogP contribution in [0, 0.1) is 11.6 Å². The highest BCUT2D eigenvalue weighted by Crippen LogP contribution is 2.20. The Morgan fingerprint density at radius 3 is 2.62 bits per heavy atom. The van der Waals surface area contributed by atoms with E-state index in [-0.39, 0.29) is 0 Å². The molecule has 3 rings (SSSR count). The van der Waals surface area contributed by atoms with E-state index < -0.39 is 11.6 Å². The molecule has 0 fully saturated rings. The predicted molar refractivity (Wildman–Crippen MR) is 79.8 cm³/mol. The molecule has 1 heterocycles. The molecule has 0 saturated heterocycles. The predicted octanol–water partition coefficient (Wildman–Crippen LogP) is 3.75. The van der Waals surface area contributed by atoms with E-state index in [2.05, 4.69) is 28.2 Å². The van der Waals surface area contributed by atoms with Gasteiger partial charge >= 0.3 is 0 Å². The maximum absolute atomic E-state index is 13.1. The number of para-hydroxylation sites is 1. The third kappa shape index (κ3) is 2.81. The highest BCUT2D eigenvalue weighted by Gasteiger charge is 2.06. The summed E-state index contributed by atoms with van der Waals surface area (Å²) in [7, 11) is 2.02. The molecular weight excluding hydrogens is 270 g/mol. The van der Waals surface area contributed by atoms with Gasteiger partial charge < -0.3 is 9.88 Å². The van der Waals surface area contributed by atoms with Gasteiger partial charge in [-0.15, -0.1) is 0 Å². The van der Waals surface area contributed by atoms with Gasteiger partial charge in [0.25, 0.3) is 0 Å². The van der Waals surface area contributed by atoms with Crippen molar-refractivity contribution < 1.29 is 8.78 Å². The zero-order valence-corrected chi connectivity index (χ0v) is 11.7. The molecule has 0 saturated carbocycles. The van der Waals surface area contributed by atoms with Gasteiger partial charge in [0.2, 0.25) is 0 Å². The zero-order valence-electron chi connectivity index (χ0n) is 11.7. The van der Waals surface area contributed by atoms with Crippen molar-refractivity contribution in [2.45, 2.75) is 13.1 Å². The normalized spacial score (nSPS) is 11.2. The quantitative estimate of drug-likeness (QED) is 0.773. The Morgan fingerprint density at radius 1 is 1.00 bits per heavy atom. The minimum atomic E-state index is -0.812. The van der Waals surface area contributed by atoms with E-state index in [1.165, 1.54) is 22.5 Å². The fourth-order valence-electron chi connectivity index (χ4n) is 2.56. The molecule has 0 radical (unpaired) electrons. The number of nitrogens with one attached hydrogen (secondary N) is 1. The highest BCUT2D eigenvalue weighted by atomic mass is 19.2. The van der Waals surface area contributed by atoms with Gasteiger partial charge in [0.05, 0.1) is 0 Å². The second-order valence-corrected chi connectivity index (χ2v) is 5.13. The molecule has 2 nitrogen and oxygen atoms in total. The van der Waals surface area contributed by atoms with Gasteiger partial charge in [-0.2, -0.15) is 0 Å². The largest absolute Gasteiger partial charge is 0.350 e. The van der Waals surface area contributed by atoms with Gasteiger partial charge in [0, 0.05) is 37.2 Å². The molecule has 108 valence electrons. The average Bonchev–Trinajstić information content (AvgIpc) is 2.80. The molecule has 21 heavy (non-hydrogen) atoms. The van der Waals surface area contributed by atoms with Gasteiger partial charge in [-0.25, -0.2) is 8.78 Å². The number of hydrogen-bond donors (Lipinski definition) is 1. The first kappa shape index (κ1) is 13.8. The molecule has 0 aliphatic carbocycles. The van der Waals surface area contributed by atoms with E-state index in [0.717, 1.165) is 11.6 Å². The topological polar surface area (TPSA) is 17.0 Å². The molecule has 0 atom stereocenters. The fourth-order valence-corrected chi connectivity index (χ4v) is 2.56. The number of benzene rings is 2. The molecule has 0 spiro atoms. The number of nitrogens with zero attached hydrogens (tertiary/aromatic N) is 1. The maximum Gasteiger partial charge on any atom is 0.159 e. The maximum atomic E-state index is 13.1. The van der Waals surface area contributed by atoms with Crippen molar-refractivity contribution in [3.05, 3.63) is 71.4 Å². The molecule has 0 bridgehead atoms. The summed E-state index contributed by atoms with van der Waals surface area (Å²) in [6, 6.07) is 12.2. The van der Waals surface area contributed by atoms with Gasteiger partial charge in [-0.05, 0) is 29.3 Å². The number of rotatable bonds is 4. The summed E-state index contributed by atoms with van der Waals surface area (Å²) in [5.41, 5.74) is 3.10. The summed E-state index contributed by atoms with van der Waals surface area (Å²) < 4.78 is 28.1. The molecule has 4 heteroatoms. The zero-order chi connectivity index (χ0) is 14.8. The van der Waals surface area contributed by atoms with Crippen LogP contribution < -0.4 is 5.32 Å². The fraction of sp³-hybridized carbons (Fsp3) is 0.176. The van der Waals surface area contributed by atoms with Crippen LogP contribution in [-0.2, 0) is 20.1 Å². The molecular formula is C17H16F2N2. The molecule has 0 unspecified atom stereocenters. The average molecular weight is 286 g/mol. The number of hydrogen-bond acceptors (Lipinski definition) is 1. The SMILES string of the molecule is Cn1cc(CNCc2ccc(F)c(F)c2)c2ccccc21. The first-order valence-corrected chi connectivity index (χ1v) is 6.83. The first-order chi connectivity index (χ1) is 10.1. The van der Waals surface area contributed by atoms with Crippen LogP contribution in [0.15, 0.2) is 48.7 Å². The Balaban J connectivity index is 1.70. The summed E-state index contributed by atoms with van der Waals surface area (Å²) in [4.78, 5) is 0. The molecule has 3 aromatic rings. The van der Waals surface area contributed by atoms with Gasteiger partial charge in [-0.3, -0.25) is 0 Å². The van der Waals surface area contributed by atoms with Crippen molar-refractivity contribution >= 4 is 10.9 Å². The van der Waals surface area contributed by atoms with E-state index >= 15 is 0 Å². The monoisotopic (exact) mass is 286 g/mol. The number of aryl methyl sites for hydroxylation is 1. The van der Waals surface area contributed by atoms with Crippen LogP contribution in [0.4, 0.5) is 8.78 Å². The van der Waals surface area contributed by atoms with Crippen LogP contribution in [0.25, 0.3) is 10.9 Å². The standard InChI is InChI=1S/C17H16F2N2/c1-21-11-13(14-4-2-3-5-17(14)21)10-20-9-12-6-7-15(18)16(19)8-12/h2-8,11,20H,9-10H2,1H3.